The van der Waals surface area contributed by atoms with Crippen molar-refractivity contribution in [2.45, 2.75) is 19.3 Å². The highest BCUT2D eigenvalue weighted by Gasteiger charge is 2.35. The monoisotopic (exact) mass is 1350 g/mol. The van der Waals surface area contributed by atoms with Gasteiger partial charge in [-0.2, -0.15) is 0 Å². The molecule has 0 saturated heterocycles. The maximum absolute atomic E-state index is 5.23. The molecule has 0 aliphatic heterocycles. The van der Waals surface area contributed by atoms with Gasteiger partial charge in [0.2, 0.25) is 5.95 Å². The minimum absolute atomic E-state index is 0.0455. The van der Waals surface area contributed by atoms with E-state index in [-0.39, 0.29) is 5.41 Å². The lowest BCUT2D eigenvalue weighted by Gasteiger charge is -2.22. The molecule has 0 saturated carbocycles. The Morgan fingerprint density at radius 2 is 0.738 bits per heavy atom. The van der Waals surface area contributed by atoms with E-state index in [9.17, 15) is 0 Å². The summed E-state index contributed by atoms with van der Waals surface area (Å²) < 4.78 is 9.87. The molecule has 0 fully saturated rings. The van der Waals surface area contributed by atoms with E-state index in [2.05, 4.69) is 332 Å². The lowest BCUT2D eigenvalue weighted by Crippen LogP contribution is -2.14. The lowest BCUT2D eigenvalue weighted by atomic mass is 9.81. The van der Waals surface area contributed by atoms with Crippen molar-refractivity contribution in [1.29, 1.82) is 0 Å². The fraction of sp³-hybridized carbons (Fsp3) is 0.0316. The highest BCUT2D eigenvalue weighted by Crippen LogP contribution is 2.50. The molecule has 0 atom stereocenters. The number of rotatable bonds is 9. The van der Waals surface area contributed by atoms with Crippen LogP contribution in [0.3, 0.4) is 0 Å². The Balaban J connectivity index is 0.000000138. The molecule has 0 spiro atoms. The molecule has 0 radical (unpaired) electrons. The molecule has 8 heteroatoms. The van der Waals surface area contributed by atoms with Gasteiger partial charge in [-0.1, -0.05) is 257 Å². The van der Waals surface area contributed by atoms with Crippen LogP contribution in [0.25, 0.3) is 185 Å². The van der Waals surface area contributed by atoms with E-state index in [1.54, 1.807) is 0 Å². The number of para-hydroxylation sites is 2. The first-order valence-corrected chi connectivity index (χ1v) is 36.6. The summed E-state index contributed by atoms with van der Waals surface area (Å²) in [6, 6.07) is 118. The zero-order valence-electron chi connectivity index (χ0n) is 56.3. The van der Waals surface area contributed by atoms with Crippen LogP contribution in [0.5, 0.6) is 0 Å². The standard InChI is InChI=1S/C49H33N3S.C46H29N3S/c1-49(2)41-18-6-3-13-35(41)36-23-21-31(29-42(36)49)30-11-9-12-33(27-30)43-25-26-50-48(51-43)52-44-19-7-4-14-37(44)40-28-32(22-24-45(40)52)34-16-10-17-39-38-15-5-8-20-46(38)53-47(34)39;1-2-10-30(11-3-1)31-20-22-32(23-21-31)41-26-27-47-46(48-41)34-12-8-13-35(28-34)49-42-18-6-4-14-37(42)40-29-33(24-25-43(40)49)36-16-9-17-39-38-15-5-7-19-44(38)50-45(36)39/h3-29H,1-2H3;1-29H. The van der Waals surface area contributed by atoms with Crippen molar-refractivity contribution in [3.63, 3.8) is 0 Å². The van der Waals surface area contributed by atoms with Crippen LogP contribution < -0.4 is 0 Å². The summed E-state index contributed by atoms with van der Waals surface area (Å²) in [5.41, 5.74) is 25.7. The van der Waals surface area contributed by atoms with Crippen LogP contribution in [-0.2, 0) is 5.41 Å². The summed E-state index contributed by atoms with van der Waals surface area (Å²) in [5.74, 6) is 1.37. The number of hydrogen-bond donors (Lipinski definition) is 0. The van der Waals surface area contributed by atoms with Crippen molar-refractivity contribution in [1.82, 2.24) is 29.1 Å². The Morgan fingerprint density at radius 1 is 0.272 bits per heavy atom. The van der Waals surface area contributed by atoms with Gasteiger partial charge in [0.25, 0.3) is 0 Å². The predicted octanol–water partition coefficient (Wildman–Crippen LogP) is 25.9. The molecule has 103 heavy (non-hydrogen) atoms. The Kier molecular flexibility index (Phi) is 14.2. The van der Waals surface area contributed by atoms with E-state index < -0.39 is 0 Å². The number of benzene rings is 14. The van der Waals surface area contributed by atoms with Crippen LogP contribution in [0, 0.1) is 0 Å². The van der Waals surface area contributed by atoms with Crippen molar-refractivity contribution in [3.05, 3.63) is 351 Å². The van der Waals surface area contributed by atoms with E-state index in [1.807, 2.05) is 53.3 Å². The number of hydrogen-bond acceptors (Lipinski definition) is 6. The second kappa shape index (κ2) is 24.3. The molecule has 21 rings (SSSR count). The van der Waals surface area contributed by atoms with E-state index >= 15 is 0 Å². The molecule has 6 nitrogen and oxygen atoms in total. The van der Waals surface area contributed by atoms with Gasteiger partial charge in [0.15, 0.2) is 5.82 Å². The third kappa shape index (κ3) is 10.1. The second-order valence-corrected chi connectivity index (χ2v) is 29.3. The van der Waals surface area contributed by atoms with E-state index in [1.165, 1.54) is 140 Å². The number of nitrogens with zero attached hydrogens (tertiary/aromatic N) is 6. The molecule has 20 aromatic rings. The molecule has 0 unspecified atom stereocenters. The van der Waals surface area contributed by atoms with Crippen LogP contribution in [0.15, 0.2) is 340 Å². The largest absolute Gasteiger partial charge is 0.309 e. The van der Waals surface area contributed by atoms with Gasteiger partial charge in [-0.15, -0.1) is 22.7 Å². The minimum atomic E-state index is -0.0455. The van der Waals surface area contributed by atoms with Crippen LogP contribution in [0.1, 0.15) is 25.0 Å². The summed E-state index contributed by atoms with van der Waals surface area (Å²) >= 11 is 3.75. The van der Waals surface area contributed by atoms with Gasteiger partial charge in [-0.3, -0.25) is 4.57 Å². The number of fused-ring (bicyclic) bond motifs is 15. The van der Waals surface area contributed by atoms with E-state index in [4.69, 9.17) is 19.9 Å². The predicted molar refractivity (Wildman–Crippen MR) is 434 cm³/mol. The minimum Gasteiger partial charge on any atom is -0.309 e. The molecule has 0 bridgehead atoms. The maximum Gasteiger partial charge on any atom is 0.235 e. The lowest BCUT2D eigenvalue weighted by molar-refractivity contribution is 0.660. The molecule has 14 aromatic carbocycles. The van der Waals surface area contributed by atoms with Crippen molar-refractivity contribution >= 4 is 107 Å². The zero-order valence-corrected chi connectivity index (χ0v) is 58.0. The molecule has 6 heterocycles. The SMILES string of the molecule is CC1(C)c2ccccc2-c2ccc(-c3cccc(-c4ccnc(-n5c6ccccc6c6cc(-c7cccc8c7sc7ccccc78)ccc65)n4)c3)cc21.c1ccc(-c2ccc(-c3ccnc(-c4cccc(-n5c6ccccc6c6cc(-c7cccc8c7sc7ccccc78)ccc65)c4)n3)cc2)cc1. The molecule has 484 valence electrons. The average Bonchev–Trinajstić information content (AvgIpc) is 1.60. The van der Waals surface area contributed by atoms with Crippen LogP contribution in [0.2, 0.25) is 0 Å². The van der Waals surface area contributed by atoms with Crippen molar-refractivity contribution in [3.8, 4) is 101 Å². The zero-order chi connectivity index (χ0) is 68.3. The highest BCUT2D eigenvalue weighted by molar-refractivity contribution is 7.26. The Hall–Kier alpha value is -12.7. The average molecular weight is 1350 g/mol. The maximum atomic E-state index is 5.23. The van der Waals surface area contributed by atoms with Gasteiger partial charge < -0.3 is 4.57 Å². The first-order valence-electron chi connectivity index (χ1n) is 35.0. The molecule has 1 aliphatic rings. The second-order valence-electron chi connectivity index (χ2n) is 27.2. The quantitative estimate of drug-likeness (QED) is 0.144. The topological polar surface area (TPSA) is 61.4 Å². The van der Waals surface area contributed by atoms with Gasteiger partial charge in [-0.05, 0) is 152 Å². The Bertz CT molecular complexity index is 6790. The van der Waals surface area contributed by atoms with Gasteiger partial charge in [-0.25, -0.2) is 19.9 Å². The Labute approximate surface area is 603 Å². The third-order valence-corrected chi connectivity index (χ3v) is 23.4. The van der Waals surface area contributed by atoms with Crippen molar-refractivity contribution in [2.24, 2.45) is 0 Å². The van der Waals surface area contributed by atoms with Gasteiger partial charge >= 0.3 is 0 Å². The first kappa shape index (κ1) is 60.3. The van der Waals surface area contributed by atoms with E-state index in [0.717, 1.165) is 44.8 Å². The fourth-order valence-electron chi connectivity index (χ4n) is 16.0. The summed E-state index contributed by atoms with van der Waals surface area (Å²) in [6.45, 7) is 4.67. The van der Waals surface area contributed by atoms with Crippen molar-refractivity contribution < 1.29 is 0 Å². The van der Waals surface area contributed by atoms with Gasteiger partial charge in [0.05, 0.1) is 33.5 Å². The molecule has 0 amide bonds. The van der Waals surface area contributed by atoms with Crippen LogP contribution in [-0.4, -0.2) is 29.1 Å². The summed E-state index contributed by atoms with van der Waals surface area (Å²) in [6.07, 6.45) is 3.74. The van der Waals surface area contributed by atoms with E-state index in [0.29, 0.717) is 11.8 Å². The number of thiophene rings is 2. The van der Waals surface area contributed by atoms with Gasteiger partial charge in [0.1, 0.15) is 0 Å². The molecule has 0 N–H and O–H groups in total. The smallest absolute Gasteiger partial charge is 0.235 e. The molecular formula is C95H62N6S2. The molecular weight excluding hydrogens is 1290 g/mol. The summed E-state index contributed by atoms with van der Waals surface area (Å²) in [7, 11) is 0. The number of aromatic nitrogens is 6. The van der Waals surface area contributed by atoms with Crippen LogP contribution >= 0.6 is 22.7 Å². The van der Waals surface area contributed by atoms with Gasteiger partial charge in [0, 0.05) is 102 Å². The molecule has 6 aromatic heterocycles. The van der Waals surface area contributed by atoms with Crippen LogP contribution in [0.4, 0.5) is 0 Å². The Morgan fingerprint density at radius 3 is 1.44 bits per heavy atom. The third-order valence-electron chi connectivity index (χ3n) is 21.0. The fourth-order valence-corrected chi connectivity index (χ4v) is 18.5. The first-order chi connectivity index (χ1) is 50.8. The summed E-state index contributed by atoms with van der Waals surface area (Å²) in [5, 5.41) is 10.1. The van der Waals surface area contributed by atoms with Crippen molar-refractivity contribution in [2.75, 3.05) is 0 Å². The highest BCUT2D eigenvalue weighted by atomic mass is 32.1. The summed E-state index contributed by atoms with van der Waals surface area (Å²) in [4.78, 5) is 19.8. The molecule has 1 aliphatic carbocycles. The normalized spacial score (nSPS) is 12.4.